The van der Waals surface area contributed by atoms with E-state index in [0.717, 1.165) is 0 Å². The normalized spacial score (nSPS) is 11.9. The quantitative estimate of drug-likeness (QED) is 0.362. The van der Waals surface area contributed by atoms with E-state index in [1.807, 2.05) is 0 Å². The standard InChI is InChI=1S/C8H5ClN4O3/c9-8(12-14)7-5-3-4(13(15)16)1-2-6(5)10-11-7/h1-3,14H,(H,10,11). The zero-order chi connectivity index (χ0) is 11.7. The maximum absolute atomic E-state index is 10.6. The maximum atomic E-state index is 10.6. The first-order valence-electron chi connectivity index (χ1n) is 4.14. The average molecular weight is 241 g/mol. The van der Waals surface area contributed by atoms with E-state index in [1.165, 1.54) is 18.2 Å². The van der Waals surface area contributed by atoms with Gasteiger partial charge in [0.2, 0.25) is 0 Å². The number of nitrogens with one attached hydrogen (secondary N) is 1. The highest BCUT2D eigenvalue weighted by Gasteiger charge is 2.14. The Hall–Kier alpha value is -2.15. The van der Waals surface area contributed by atoms with Crippen LogP contribution in [0.3, 0.4) is 0 Å². The van der Waals surface area contributed by atoms with Crippen LogP contribution in [0.1, 0.15) is 5.69 Å². The molecule has 0 unspecified atom stereocenters. The molecule has 2 rings (SSSR count). The number of fused-ring (bicyclic) bond motifs is 1. The zero-order valence-corrected chi connectivity index (χ0v) is 8.47. The summed E-state index contributed by atoms with van der Waals surface area (Å²) >= 11 is 5.59. The lowest BCUT2D eigenvalue weighted by Crippen LogP contribution is -1.93. The number of nitro groups is 1. The summed E-state index contributed by atoms with van der Waals surface area (Å²) in [5.41, 5.74) is 0.655. The molecule has 0 saturated carbocycles. The van der Waals surface area contributed by atoms with Crippen molar-refractivity contribution in [3.8, 4) is 0 Å². The van der Waals surface area contributed by atoms with E-state index in [1.54, 1.807) is 0 Å². The van der Waals surface area contributed by atoms with Gasteiger partial charge in [-0.15, -0.1) is 0 Å². The summed E-state index contributed by atoms with van der Waals surface area (Å²) in [6.45, 7) is 0. The summed E-state index contributed by atoms with van der Waals surface area (Å²) in [6.07, 6.45) is 0. The third-order valence-corrected chi connectivity index (χ3v) is 2.30. The second-order valence-corrected chi connectivity index (χ2v) is 3.31. The lowest BCUT2D eigenvalue weighted by Gasteiger charge is -1.93. The molecule has 1 aromatic heterocycles. The Balaban J connectivity index is 2.69. The number of nitrogens with zero attached hydrogens (tertiary/aromatic N) is 3. The highest BCUT2D eigenvalue weighted by Crippen LogP contribution is 2.23. The number of rotatable bonds is 2. The van der Waals surface area contributed by atoms with E-state index >= 15 is 0 Å². The number of H-pyrrole nitrogens is 1. The number of oxime groups is 1. The van der Waals surface area contributed by atoms with Gasteiger partial charge in [0, 0.05) is 17.5 Å². The second kappa shape index (κ2) is 3.78. The van der Waals surface area contributed by atoms with E-state index in [9.17, 15) is 10.1 Å². The Morgan fingerprint density at radius 1 is 1.62 bits per heavy atom. The highest BCUT2D eigenvalue weighted by atomic mass is 35.5. The molecule has 0 aliphatic rings. The number of non-ortho nitro benzene ring substituents is 1. The average Bonchev–Trinajstić information content (AvgIpc) is 2.70. The first kappa shape index (κ1) is 10.4. The summed E-state index contributed by atoms with van der Waals surface area (Å²) < 4.78 is 0. The van der Waals surface area contributed by atoms with Crippen LogP contribution < -0.4 is 0 Å². The summed E-state index contributed by atoms with van der Waals surface area (Å²) in [4.78, 5) is 10.1. The Kier molecular flexibility index (Phi) is 2.45. The van der Waals surface area contributed by atoms with E-state index < -0.39 is 4.92 Å². The van der Waals surface area contributed by atoms with Crippen molar-refractivity contribution in [1.29, 1.82) is 0 Å². The minimum atomic E-state index is -0.528. The number of nitro benzene ring substituents is 1. The molecule has 0 radical (unpaired) electrons. The first-order chi connectivity index (χ1) is 7.63. The van der Waals surface area contributed by atoms with Crippen molar-refractivity contribution in [3.63, 3.8) is 0 Å². The van der Waals surface area contributed by atoms with Crippen molar-refractivity contribution < 1.29 is 10.1 Å². The molecule has 7 nitrogen and oxygen atoms in total. The highest BCUT2D eigenvalue weighted by molar-refractivity contribution is 6.70. The first-order valence-corrected chi connectivity index (χ1v) is 4.51. The van der Waals surface area contributed by atoms with Crippen molar-refractivity contribution in [2.24, 2.45) is 5.16 Å². The van der Waals surface area contributed by atoms with E-state index in [-0.39, 0.29) is 16.6 Å². The fraction of sp³-hybridized carbons (Fsp3) is 0. The van der Waals surface area contributed by atoms with Gasteiger partial charge in [0.05, 0.1) is 10.4 Å². The summed E-state index contributed by atoms with van der Waals surface area (Å²) in [5.74, 6) is 0. The molecule has 0 fully saturated rings. The van der Waals surface area contributed by atoms with Gasteiger partial charge in [-0.2, -0.15) is 5.10 Å². The predicted molar refractivity (Wildman–Crippen MR) is 56.9 cm³/mol. The molecule has 1 heterocycles. The fourth-order valence-electron chi connectivity index (χ4n) is 1.32. The maximum Gasteiger partial charge on any atom is 0.270 e. The van der Waals surface area contributed by atoms with Crippen molar-refractivity contribution >= 4 is 33.4 Å². The lowest BCUT2D eigenvalue weighted by atomic mass is 10.2. The van der Waals surface area contributed by atoms with Crippen LogP contribution in [-0.4, -0.2) is 25.5 Å². The Morgan fingerprint density at radius 2 is 2.38 bits per heavy atom. The number of benzene rings is 1. The molecule has 0 spiro atoms. The molecular formula is C8H5ClN4O3. The second-order valence-electron chi connectivity index (χ2n) is 2.95. The van der Waals surface area contributed by atoms with Gasteiger partial charge < -0.3 is 5.21 Å². The number of hydrogen-bond acceptors (Lipinski definition) is 5. The summed E-state index contributed by atoms with van der Waals surface area (Å²) in [7, 11) is 0. The van der Waals surface area contributed by atoms with Crippen LogP contribution in [0.5, 0.6) is 0 Å². The molecule has 16 heavy (non-hydrogen) atoms. The molecule has 0 aliphatic heterocycles. The number of aromatic nitrogens is 2. The molecule has 2 aromatic rings. The van der Waals surface area contributed by atoms with Gasteiger partial charge in [-0.3, -0.25) is 15.2 Å². The predicted octanol–water partition coefficient (Wildman–Crippen LogP) is 1.85. The van der Waals surface area contributed by atoms with Crippen LogP contribution >= 0.6 is 11.6 Å². The minimum Gasteiger partial charge on any atom is -0.410 e. The molecule has 2 N–H and O–H groups in total. The van der Waals surface area contributed by atoms with E-state index in [2.05, 4.69) is 15.4 Å². The Labute approximate surface area is 93.5 Å². The van der Waals surface area contributed by atoms with Gasteiger partial charge in [0.1, 0.15) is 5.69 Å². The van der Waals surface area contributed by atoms with Crippen LogP contribution in [0, 0.1) is 10.1 Å². The largest absolute Gasteiger partial charge is 0.410 e. The lowest BCUT2D eigenvalue weighted by molar-refractivity contribution is -0.384. The van der Waals surface area contributed by atoms with Crippen LogP contribution in [0.4, 0.5) is 5.69 Å². The van der Waals surface area contributed by atoms with Gasteiger partial charge in [-0.25, -0.2) is 0 Å². The third kappa shape index (κ3) is 1.57. The van der Waals surface area contributed by atoms with Gasteiger partial charge in [0.25, 0.3) is 5.69 Å². The Bertz CT molecular complexity index is 592. The number of aromatic amines is 1. The van der Waals surface area contributed by atoms with Crippen molar-refractivity contribution in [2.75, 3.05) is 0 Å². The molecular weight excluding hydrogens is 236 g/mol. The minimum absolute atomic E-state index is 0.0856. The van der Waals surface area contributed by atoms with Crippen molar-refractivity contribution in [3.05, 3.63) is 34.0 Å². The van der Waals surface area contributed by atoms with Gasteiger partial charge >= 0.3 is 0 Å². The summed E-state index contributed by atoms with van der Waals surface area (Å²) in [6, 6.07) is 4.15. The van der Waals surface area contributed by atoms with Crippen LogP contribution in [0.15, 0.2) is 23.4 Å². The molecule has 1 aromatic carbocycles. The SMILES string of the molecule is O=[N+]([O-])c1ccc2[nH]nc(C(Cl)=NO)c2c1. The smallest absolute Gasteiger partial charge is 0.270 e. The molecule has 0 atom stereocenters. The molecule has 0 aliphatic carbocycles. The van der Waals surface area contributed by atoms with Crippen LogP contribution in [-0.2, 0) is 0 Å². The molecule has 0 saturated heterocycles. The van der Waals surface area contributed by atoms with Crippen LogP contribution in [0.2, 0.25) is 0 Å². The van der Waals surface area contributed by atoms with Gasteiger partial charge in [0.15, 0.2) is 5.17 Å². The van der Waals surface area contributed by atoms with E-state index in [0.29, 0.717) is 10.9 Å². The summed E-state index contributed by atoms with van der Waals surface area (Å²) in [5, 5.41) is 28.5. The van der Waals surface area contributed by atoms with Crippen molar-refractivity contribution in [1.82, 2.24) is 10.2 Å². The van der Waals surface area contributed by atoms with E-state index in [4.69, 9.17) is 16.8 Å². The van der Waals surface area contributed by atoms with Gasteiger partial charge in [-0.05, 0) is 6.07 Å². The topological polar surface area (TPSA) is 104 Å². The van der Waals surface area contributed by atoms with Crippen LogP contribution in [0.25, 0.3) is 10.9 Å². The number of halogens is 1. The monoisotopic (exact) mass is 240 g/mol. The molecule has 0 amide bonds. The molecule has 8 heteroatoms. The number of hydrogen-bond donors (Lipinski definition) is 2. The molecule has 82 valence electrons. The zero-order valence-electron chi connectivity index (χ0n) is 7.72. The van der Waals surface area contributed by atoms with Gasteiger partial charge in [-0.1, -0.05) is 16.8 Å². The van der Waals surface area contributed by atoms with Crippen molar-refractivity contribution in [2.45, 2.75) is 0 Å². The Morgan fingerprint density at radius 3 is 3.00 bits per heavy atom. The fourth-order valence-corrected chi connectivity index (χ4v) is 1.46. The molecule has 0 bridgehead atoms. The third-order valence-electron chi connectivity index (χ3n) is 2.04.